The van der Waals surface area contributed by atoms with E-state index in [-0.39, 0.29) is 12.1 Å². The van der Waals surface area contributed by atoms with Gasteiger partial charge in [0.25, 0.3) is 0 Å². The topological polar surface area (TPSA) is 33.1 Å². The van der Waals surface area contributed by atoms with Crippen LogP contribution in [-0.2, 0) is 0 Å². The van der Waals surface area contributed by atoms with Crippen molar-refractivity contribution >= 4 is 17.3 Å². The van der Waals surface area contributed by atoms with Gasteiger partial charge in [-0.1, -0.05) is 32.8 Å². The lowest BCUT2D eigenvalue weighted by atomic mass is 10.00. The zero-order valence-corrected chi connectivity index (χ0v) is 16.5. The van der Waals surface area contributed by atoms with Crippen LogP contribution >= 0.6 is 12.2 Å². The molecule has 1 saturated heterocycles. The molecule has 2 fully saturated rings. The summed E-state index contributed by atoms with van der Waals surface area (Å²) in [5.41, 5.74) is 2.42. The number of hydrogen-bond acceptors (Lipinski definition) is 2. The molecule has 1 aliphatic heterocycles. The van der Waals surface area contributed by atoms with E-state index < -0.39 is 0 Å². The lowest BCUT2D eigenvalue weighted by Crippen LogP contribution is -2.33. The molecule has 4 rings (SSSR count). The van der Waals surface area contributed by atoms with Gasteiger partial charge in [0.2, 0.25) is 0 Å². The van der Waals surface area contributed by atoms with E-state index in [4.69, 9.17) is 12.2 Å². The molecule has 0 spiro atoms. The largest absolute Gasteiger partial charge is 0.352 e. The fourth-order valence-corrected chi connectivity index (χ4v) is 4.80. The normalized spacial score (nSPS) is 23.8. The molecule has 0 unspecified atom stereocenters. The Balaban J connectivity index is 1.75. The molecule has 138 valence electrons. The second-order valence-electron chi connectivity index (χ2n) is 7.95. The van der Waals surface area contributed by atoms with E-state index >= 15 is 0 Å². The number of rotatable bonds is 5. The van der Waals surface area contributed by atoms with Gasteiger partial charge in [-0.05, 0) is 55.2 Å². The average molecular weight is 369 g/mol. The summed E-state index contributed by atoms with van der Waals surface area (Å²) in [6.45, 7) is 5.46. The molecule has 0 amide bonds. The second-order valence-corrected chi connectivity index (χ2v) is 8.34. The molecule has 0 radical (unpaired) electrons. The fourth-order valence-electron chi connectivity index (χ4n) is 4.49. The first kappa shape index (κ1) is 17.5. The van der Waals surface area contributed by atoms with E-state index in [1.165, 1.54) is 31.4 Å². The van der Waals surface area contributed by atoms with Crippen molar-refractivity contribution < 1.29 is 0 Å². The minimum Gasteiger partial charge on any atom is -0.352 e. The third kappa shape index (κ3) is 3.25. The average Bonchev–Trinajstić information content (AvgIpc) is 3.35. The van der Waals surface area contributed by atoms with E-state index in [1.54, 1.807) is 0 Å². The van der Waals surface area contributed by atoms with E-state index in [0.29, 0.717) is 12.0 Å². The van der Waals surface area contributed by atoms with Crippen molar-refractivity contribution in [2.24, 2.45) is 5.92 Å². The Morgan fingerprint density at radius 1 is 1.19 bits per heavy atom. The molecule has 3 heterocycles. The first-order valence-corrected chi connectivity index (χ1v) is 10.2. The van der Waals surface area contributed by atoms with Gasteiger partial charge in [0, 0.05) is 30.7 Å². The predicted molar refractivity (Wildman–Crippen MR) is 109 cm³/mol. The number of nitrogens with zero attached hydrogens (tertiary/aromatic N) is 3. The van der Waals surface area contributed by atoms with Crippen LogP contribution in [0.1, 0.15) is 69.0 Å². The van der Waals surface area contributed by atoms with Crippen molar-refractivity contribution in [3.05, 3.63) is 54.1 Å². The number of aromatic nitrogens is 2. The Bertz CT molecular complexity index is 748. The highest BCUT2D eigenvalue weighted by atomic mass is 32.1. The highest BCUT2D eigenvalue weighted by molar-refractivity contribution is 7.80. The summed E-state index contributed by atoms with van der Waals surface area (Å²) in [5, 5.41) is 4.41. The minimum atomic E-state index is 0.0949. The second kappa shape index (κ2) is 7.39. The molecule has 2 aliphatic rings. The monoisotopic (exact) mass is 368 g/mol. The van der Waals surface area contributed by atoms with Crippen LogP contribution < -0.4 is 5.32 Å². The Morgan fingerprint density at radius 2 is 2.00 bits per heavy atom. The summed E-state index contributed by atoms with van der Waals surface area (Å²) in [6.07, 6.45) is 9.37. The fraction of sp³-hybridized carbons (Fsp3) is 0.524. The number of hydrogen-bond donors (Lipinski definition) is 1. The maximum Gasteiger partial charge on any atom is 0.170 e. The Labute approximate surface area is 161 Å². The van der Waals surface area contributed by atoms with Crippen LogP contribution in [0, 0.1) is 5.92 Å². The van der Waals surface area contributed by atoms with E-state index in [2.05, 4.69) is 64.1 Å². The highest BCUT2D eigenvalue weighted by Gasteiger charge is 2.41. The molecule has 1 aliphatic carbocycles. The van der Waals surface area contributed by atoms with Gasteiger partial charge in [-0.2, -0.15) is 0 Å². The summed E-state index contributed by atoms with van der Waals surface area (Å²) >= 11 is 5.74. The van der Waals surface area contributed by atoms with E-state index in [0.717, 1.165) is 17.4 Å². The maximum atomic E-state index is 5.74. The van der Waals surface area contributed by atoms with Gasteiger partial charge >= 0.3 is 0 Å². The zero-order valence-electron chi connectivity index (χ0n) is 15.6. The summed E-state index contributed by atoms with van der Waals surface area (Å²) in [6, 6.07) is 11.5. The van der Waals surface area contributed by atoms with Crippen LogP contribution in [-0.4, -0.2) is 26.1 Å². The Hall–Kier alpha value is -1.88. The summed E-state index contributed by atoms with van der Waals surface area (Å²) in [5.74, 6) is 0.551. The molecule has 26 heavy (non-hydrogen) atoms. The molecule has 2 aromatic heterocycles. The van der Waals surface area contributed by atoms with Gasteiger partial charge in [-0.15, -0.1) is 0 Å². The molecule has 5 heteroatoms. The third-order valence-corrected chi connectivity index (χ3v) is 5.94. The first-order valence-electron chi connectivity index (χ1n) is 9.80. The van der Waals surface area contributed by atoms with Crippen LogP contribution in [0.5, 0.6) is 0 Å². The van der Waals surface area contributed by atoms with Gasteiger partial charge in [-0.3, -0.25) is 4.98 Å². The van der Waals surface area contributed by atoms with Gasteiger partial charge in [-0.25, -0.2) is 0 Å². The van der Waals surface area contributed by atoms with Crippen molar-refractivity contribution in [2.45, 2.75) is 57.7 Å². The molecule has 1 saturated carbocycles. The summed E-state index contributed by atoms with van der Waals surface area (Å²) in [4.78, 5) is 7.01. The molecule has 2 aromatic rings. The highest BCUT2D eigenvalue weighted by Crippen LogP contribution is 2.41. The SMILES string of the molecule is CC(C)CN1C(=S)N[C@H](c2ccccn2)[C@@H]1c1cccn1C1CCCC1. The summed E-state index contributed by atoms with van der Waals surface area (Å²) < 4.78 is 2.51. The van der Waals surface area contributed by atoms with Crippen LogP contribution in [0.4, 0.5) is 0 Å². The molecule has 2 atom stereocenters. The first-order chi connectivity index (χ1) is 12.6. The lowest BCUT2D eigenvalue weighted by Gasteiger charge is -2.31. The van der Waals surface area contributed by atoms with Crippen LogP contribution in [0.25, 0.3) is 0 Å². The van der Waals surface area contributed by atoms with Crippen LogP contribution in [0.2, 0.25) is 0 Å². The van der Waals surface area contributed by atoms with Crippen molar-refractivity contribution in [1.29, 1.82) is 0 Å². The number of thiocarbonyl (C=S) groups is 1. The quantitative estimate of drug-likeness (QED) is 0.780. The molecular formula is C21H28N4S. The van der Waals surface area contributed by atoms with Crippen molar-refractivity contribution in [3.63, 3.8) is 0 Å². The minimum absolute atomic E-state index is 0.0949. The van der Waals surface area contributed by atoms with Gasteiger partial charge in [0.05, 0.1) is 17.8 Å². The Morgan fingerprint density at radius 3 is 2.69 bits per heavy atom. The number of pyridine rings is 1. The maximum absolute atomic E-state index is 5.74. The van der Waals surface area contributed by atoms with Gasteiger partial charge in [0.1, 0.15) is 0 Å². The molecule has 1 N–H and O–H groups in total. The molecule has 4 nitrogen and oxygen atoms in total. The molecule has 0 aromatic carbocycles. The van der Waals surface area contributed by atoms with Crippen LogP contribution in [0.15, 0.2) is 42.7 Å². The zero-order chi connectivity index (χ0) is 18.1. The smallest absolute Gasteiger partial charge is 0.170 e. The van der Waals surface area contributed by atoms with Crippen LogP contribution in [0.3, 0.4) is 0 Å². The molecule has 0 bridgehead atoms. The summed E-state index contributed by atoms with van der Waals surface area (Å²) in [7, 11) is 0. The standard InChI is InChI=1S/C21H28N4S/c1-15(2)14-25-20(18-11-7-13-24(18)16-8-3-4-9-16)19(23-21(25)26)17-10-5-6-12-22-17/h5-7,10-13,15-16,19-20H,3-4,8-9,14H2,1-2H3,(H,23,26)/t19-,20+/m1/s1. The lowest BCUT2D eigenvalue weighted by molar-refractivity contribution is 0.271. The van der Waals surface area contributed by atoms with Gasteiger partial charge < -0.3 is 14.8 Å². The van der Waals surface area contributed by atoms with E-state index in [9.17, 15) is 0 Å². The van der Waals surface area contributed by atoms with Gasteiger partial charge in [0.15, 0.2) is 5.11 Å². The van der Waals surface area contributed by atoms with Crippen molar-refractivity contribution in [2.75, 3.05) is 6.54 Å². The molecular weight excluding hydrogens is 340 g/mol. The predicted octanol–water partition coefficient (Wildman–Crippen LogP) is 4.63. The number of nitrogens with one attached hydrogen (secondary N) is 1. The van der Waals surface area contributed by atoms with E-state index in [1.807, 2.05) is 12.3 Å². The van der Waals surface area contributed by atoms with Crippen molar-refractivity contribution in [3.8, 4) is 0 Å². The third-order valence-electron chi connectivity index (χ3n) is 5.59. The van der Waals surface area contributed by atoms with Crippen molar-refractivity contribution in [1.82, 2.24) is 19.8 Å². The Kier molecular flexibility index (Phi) is 4.98.